The second-order valence-electron chi connectivity index (χ2n) is 5.32. The van der Waals surface area contributed by atoms with Gasteiger partial charge in [0.2, 0.25) is 0 Å². The Hall–Kier alpha value is -2.61. The molecule has 1 heterocycles. The standard InChI is InChI=1S/C19H14FN/c1-13-10-11-16(20)19(12-13)21-17-8-4-2-6-14(17)15-7-3-5-9-18(15)21/h2-12H,1H3. The Morgan fingerprint density at radius 1 is 0.762 bits per heavy atom. The zero-order valence-electron chi connectivity index (χ0n) is 11.7. The first-order valence-electron chi connectivity index (χ1n) is 7.00. The van der Waals surface area contributed by atoms with Crippen molar-refractivity contribution in [2.45, 2.75) is 6.92 Å². The van der Waals surface area contributed by atoms with Crippen molar-refractivity contribution in [1.29, 1.82) is 0 Å². The summed E-state index contributed by atoms with van der Waals surface area (Å²) in [6.45, 7) is 1.98. The molecule has 4 rings (SSSR count). The third kappa shape index (κ3) is 1.76. The number of para-hydroxylation sites is 2. The van der Waals surface area contributed by atoms with E-state index in [9.17, 15) is 4.39 Å². The van der Waals surface area contributed by atoms with E-state index < -0.39 is 0 Å². The molecule has 4 aromatic rings. The fourth-order valence-corrected chi connectivity index (χ4v) is 2.98. The molecular formula is C19H14FN. The maximum atomic E-state index is 14.4. The van der Waals surface area contributed by atoms with Crippen LogP contribution in [0.15, 0.2) is 66.7 Å². The van der Waals surface area contributed by atoms with Crippen LogP contribution in [0, 0.1) is 12.7 Å². The fourth-order valence-electron chi connectivity index (χ4n) is 2.98. The number of fused-ring (bicyclic) bond motifs is 3. The number of rotatable bonds is 1. The monoisotopic (exact) mass is 275 g/mol. The highest BCUT2D eigenvalue weighted by molar-refractivity contribution is 6.09. The molecule has 0 bridgehead atoms. The van der Waals surface area contributed by atoms with E-state index in [0.717, 1.165) is 27.4 Å². The Morgan fingerprint density at radius 3 is 1.95 bits per heavy atom. The molecule has 1 nitrogen and oxygen atoms in total. The van der Waals surface area contributed by atoms with Crippen molar-refractivity contribution < 1.29 is 4.39 Å². The number of hydrogen-bond acceptors (Lipinski definition) is 0. The van der Waals surface area contributed by atoms with Crippen LogP contribution < -0.4 is 0 Å². The second kappa shape index (κ2) is 4.45. The van der Waals surface area contributed by atoms with Crippen molar-refractivity contribution in [2.24, 2.45) is 0 Å². The lowest BCUT2D eigenvalue weighted by Gasteiger charge is -2.09. The summed E-state index contributed by atoms with van der Waals surface area (Å²) in [6.07, 6.45) is 0. The predicted molar refractivity (Wildman–Crippen MR) is 85.5 cm³/mol. The van der Waals surface area contributed by atoms with Crippen LogP contribution in [0.25, 0.3) is 27.5 Å². The summed E-state index contributed by atoms with van der Waals surface area (Å²) in [7, 11) is 0. The van der Waals surface area contributed by atoms with Crippen LogP contribution in [0.1, 0.15) is 5.56 Å². The molecule has 0 fully saturated rings. The molecule has 0 aliphatic heterocycles. The lowest BCUT2D eigenvalue weighted by atomic mass is 10.2. The topological polar surface area (TPSA) is 4.93 Å². The van der Waals surface area contributed by atoms with Gasteiger partial charge in [-0.1, -0.05) is 42.5 Å². The first kappa shape index (κ1) is 12.2. The van der Waals surface area contributed by atoms with Crippen LogP contribution in [-0.2, 0) is 0 Å². The quantitative estimate of drug-likeness (QED) is 0.448. The first-order valence-corrected chi connectivity index (χ1v) is 7.00. The Kier molecular flexibility index (Phi) is 2.58. The van der Waals surface area contributed by atoms with Crippen molar-refractivity contribution in [1.82, 2.24) is 4.57 Å². The van der Waals surface area contributed by atoms with Gasteiger partial charge in [0.25, 0.3) is 0 Å². The van der Waals surface area contributed by atoms with Gasteiger partial charge in [0, 0.05) is 10.8 Å². The average Bonchev–Trinajstić information content (AvgIpc) is 2.84. The highest BCUT2D eigenvalue weighted by atomic mass is 19.1. The molecule has 0 N–H and O–H groups in total. The molecule has 0 aliphatic carbocycles. The van der Waals surface area contributed by atoms with Gasteiger partial charge in [0.05, 0.1) is 16.7 Å². The summed E-state index contributed by atoms with van der Waals surface area (Å²) in [4.78, 5) is 0. The lowest BCUT2D eigenvalue weighted by molar-refractivity contribution is 0.620. The molecule has 0 saturated heterocycles. The van der Waals surface area contributed by atoms with Gasteiger partial charge in [0.15, 0.2) is 0 Å². The Balaban J connectivity index is 2.23. The molecule has 102 valence electrons. The Labute approximate surface area is 122 Å². The van der Waals surface area contributed by atoms with Crippen molar-refractivity contribution in [3.8, 4) is 5.69 Å². The van der Waals surface area contributed by atoms with Crippen molar-refractivity contribution in [2.75, 3.05) is 0 Å². The molecule has 0 spiro atoms. The molecule has 3 aromatic carbocycles. The predicted octanol–water partition coefficient (Wildman–Crippen LogP) is 5.23. The molecule has 0 aliphatic rings. The summed E-state index contributed by atoms with van der Waals surface area (Å²) >= 11 is 0. The van der Waals surface area contributed by atoms with Gasteiger partial charge in [0.1, 0.15) is 5.82 Å². The zero-order valence-corrected chi connectivity index (χ0v) is 11.7. The minimum atomic E-state index is -0.202. The molecule has 0 radical (unpaired) electrons. The van der Waals surface area contributed by atoms with E-state index in [2.05, 4.69) is 12.1 Å². The maximum absolute atomic E-state index is 14.4. The molecule has 0 atom stereocenters. The van der Waals surface area contributed by atoms with E-state index in [0.29, 0.717) is 5.69 Å². The van der Waals surface area contributed by atoms with E-state index in [1.165, 1.54) is 6.07 Å². The number of nitrogens with zero attached hydrogens (tertiary/aromatic N) is 1. The zero-order chi connectivity index (χ0) is 14.4. The van der Waals surface area contributed by atoms with Crippen LogP contribution in [0.4, 0.5) is 4.39 Å². The summed E-state index contributed by atoms with van der Waals surface area (Å²) in [5, 5.41) is 2.29. The van der Waals surface area contributed by atoms with E-state index in [-0.39, 0.29) is 5.82 Å². The maximum Gasteiger partial charge on any atom is 0.147 e. The molecule has 1 aromatic heterocycles. The van der Waals surface area contributed by atoms with Crippen LogP contribution in [0.3, 0.4) is 0 Å². The smallest absolute Gasteiger partial charge is 0.147 e. The van der Waals surface area contributed by atoms with Gasteiger partial charge in [-0.3, -0.25) is 0 Å². The molecule has 21 heavy (non-hydrogen) atoms. The van der Waals surface area contributed by atoms with Crippen LogP contribution >= 0.6 is 0 Å². The van der Waals surface area contributed by atoms with Gasteiger partial charge >= 0.3 is 0 Å². The molecule has 0 unspecified atom stereocenters. The number of aryl methyl sites for hydroxylation is 1. The van der Waals surface area contributed by atoms with E-state index in [1.54, 1.807) is 6.07 Å². The summed E-state index contributed by atoms with van der Waals surface area (Å²) in [5.74, 6) is -0.202. The van der Waals surface area contributed by atoms with E-state index in [1.807, 2.05) is 54.0 Å². The summed E-state index contributed by atoms with van der Waals surface area (Å²) in [6, 6.07) is 21.5. The van der Waals surface area contributed by atoms with Crippen molar-refractivity contribution >= 4 is 21.8 Å². The van der Waals surface area contributed by atoms with Gasteiger partial charge in [-0.2, -0.15) is 0 Å². The van der Waals surface area contributed by atoms with E-state index in [4.69, 9.17) is 0 Å². The Bertz CT molecular complexity index is 913. The minimum absolute atomic E-state index is 0.202. The SMILES string of the molecule is Cc1ccc(F)c(-n2c3ccccc3c3ccccc32)c1. The number of hydrogen-bond donors (Lipinski definition) is 0. The lowest BCUT2D eigenvalue weighted by Crippen LogP contribution is -1.98. The number of halogens is 1. The molecule has 0 amide bonds. The molecule has 2 heteroatoms. The highest BCUT2D eigenvalue weighted by Gasteiger charge is 2.13. The normalized spacial score (nSPS) is 11.3. The summed E-state index contributed by atoms with van der Waals surface area (Å²) in [5.41, 5.74) is 3.71. The van der Waals surface area contributed by atoms with Crippen LogP contribution in [0.5, 0.6) is 0 Å². The van der Waals surface area contributed by atoms with Crippen LogP contribution in [0.2, 0.25) is 0 Å². The van der Waals surface area contributed by atoms with Crippen molar-refractivity contribution in [3.05, 3.63) is 78.1 Å². The number of benzene rings is 3. The van der Waals surface area contributed by atoms with Crippen LogP contribution in [-0.4, -0.2) is 4.57 Å². The third-order valence-electron chi connectivity index (χ3n) is 3.92. The number of aromatic nitrogens is 1. The third-order valence-corrected chi connectivity index (χ3v) is 3.92. The fraction of sp³-hybridized carbons (Fsp3) is 0.0526. The molecular weight excluding hydrogens is 261 g/mol. The van der Waals surface area contributed by atoms with Gasteiger partial charge < -0.3 is 4.57 Å². The second-order valence-corrected chi connectivity index (χ2v) is 5.32. The van der Waals surface area contributed by atoms with Gasteiger partial charge in [-0.05, 0) is 36.8 Å². The van der Waals surface area contributed by atoms with Gasteiger partial charge in [-0.25, -0.2) is 4.39 Å². The van der Waals surface area contributed by atoms with Crippen molar-refractivity contribution in [3.63, 3.8) is 0 Å². The Morgan fingerprint density at radius 2 is 1.33 bits per heavy atom. The minimum Gasteiger partial charge on any atom is -0.306 e. The van der Waals surface area contributed by atoms with Gasteiger partial charge in [-0.15, -0.1) is 0 Å². The largest absolute Gasteiger partial charge is 0.306 e. The molecule has 0 saturated carbocycles. The van der Waals surface area contributed by atoms with E-state index >= 15 is 0 Å². The average molecular weight is 275 g/mol. The highest BCUT2D eigenvalue weighted by Crippen LogP contribution is 2.32. The first-order chi connectivity index (χ1) is 10.3. The summed E-state index contributed by atoms with van der Waals surface area (Å²) < 4.78 is 16.4.